The predicted molar refractivity (Wildman–Crippen MR) is 99.1 cm³/mol. The monoisotopic (exact) mass is 346 g/mol. The summed E-state index contributed by atoms with van der Waals surface area (Å²) in [4.78, 5) is 12.0. The molecule has 0 aliphatic carbocycles. The smallest absolute Gasteiger partial charge is 0.241 e. The van der Waals surface area contributed by atoms with E-state index in [4.69, 9.17) is 15.2 Å². The van der Waals surface area contributed by atoms with Gasteiger partial charge in [-0.2, -0.15) is 11.8 Å². The van der Waals surface area contributed by atoms with Crippen LogP contribution in [0.15, 0.2) is 48.5 Å². The van der Waals surface area contributed by atoms with Crippen molar-refractivity contribution < 1.29 is 14.3 Å². The third-order valence-electron chi connectivity index (χ3n) is 3.37. The second-order valence-electron chi connectivity index (χ2n) is 5.18. The fourth-order valence-corrected chi connectivity index (χ4v) is 2.51. The van der Waals surface area contributed by atoms with Gasteiger partial charge in [-0.05, 0) is 54.8 Å². The highest BCUT2D eigenvalue weighted by molar-refractivity contribution is 7.98. The van der Waals surface area contributed by atoms with Gasteiger partial charge in [-0.15, -0.1) is 0 Å². The number of thioether (sulfide) groups is 1. The average Bonchev–Trinajstić information content (AvgIpc) is 2.61. The van der Waals surface area contributed by atoms with Crippen LogP contribution in [-0.2, 0) is 4.79 Å². The lowest BCUT2D eigenvalue weighted by Crippen LogP contribution is -2.36. The Labute approximate surface area is 146 Å². The van der Waals surface area contributed by atoms with E-state index in [2.05, 4.69) is 5.32 Å². The first-order chi connectivity index (χ1) is 11.6. The van der Waals surface area contributed by atoms with Gasteiger partial charge in [0.15, 0.2) is 0 Å². The molecule has 5 nitrogen and oxygen atoms in total. The number of carbonyl (C=O) groups excluding carboxylic acids is 1. The average molecular weight is 346 g/mol. The standard InChI is InChI=1S/C18H22N2O3S/c1-22-15-4-3-5-16(12-15)23-14-8-6-13(7-9-14)20-18(21)17(19)10-11-24-2/h3-9,12,17H,10-11,19H2,1-2H3,(H,20,21)/t17-/m0/s1. The van der Waals surface area contributed by atoms with Crippen LogP contribution in [0.3, 0.4) is 0 Å². The van der Waals surface area contributed by atoms with Gasteiger partial charge in [0.05, 0.1) is 13.2 Å². The molecule has 6 heteroatoms. The molecular formula is C18H22N2O3S. The molecule has 0 spiro atoms. The van der Waals surface area contributed by atoms with E-state index in [1.165, 1.54) is 0 Å². The normalized spacial score (nSPS) is 11.6. The molecule has 0 unspecified atom stereocenters. The van der Waals surface area contributed by atoms with E-state index in [0.717, 1.165) is 11.5 Å². The Morgan fingerprint density at radius 2 is 1.88 bits per heavy atom. The Hall–Kier alpha value is -2.18. The number of rotatable bonds is 8. The van der Waals surface area contributed by atoms with E-state index in [-0.39, 0.29) is 5.91 Å². The Balaban J connectivity index is 1.93. The number of methoxy groups -OCH3 is 1. The summed E-state index contributed by atoms with van der Waals surface area (Å²) >= 11 is 1.67. The van der Waals surface area contributed by atoms with Crippen molar-refractivity contribution in [1.29, 1.82) is 0 Å². The number of hydrogen-bond acceptors (Lipinski definition) is 5. The second-order valence-corrected chi connectivity index (χ2v) is 6.17. The minimum absolute atomic E-state index is 0.175. The summed E-state index contributed by atoms with van der Waals surface area (Å²) in [5.41, 5.74) is 6.54. The Bertz CT molecular complexity index is 662. The molecule has 0 bridgehead atoms. The SMILES string of the molecule is COc1cccc(Oc2ccc(NC(=O)[C@@H](N)CCSC)cc2)c1. The predicted octanol–water partition coefficient (Wildman–Crippen LogP) is 3.51. The van der Waals surface area contributed by atoms with Crippen LogP contribution >= 0.6 is 11.8 Å². The van der Waals surface area contributed by atoms with E-state index in [1.807, 2.05) is 24.5 Å². The van der Waals surface area contributed by atoms with Crippen LogP contribution in [0.4, 0.5) is 5.69 Å². The third kappa shape index (κ3) is 5.47. The Morgan fingerprint density at radius 1 is 1.17 bits per heavy atom. The molecule has 0 heterocycles. The molecule has 2 aromatic carbocycles. The molecule has 0 saturated carbocycles. The molecule has 0 aliphatic heterocycles. The van der Waals surface area contributed by atoms with Crippen molar-refractivity contribution in [2.24, 2.45) is 5.73 Å². The number of ether oxygens (including phenoxy) is 2. The zero-order chi connectivity index (χ0) is 17.4. The maximum Gasteiger partial charge on any atom is 0.241 e. The van der Waals surface area contributed by atoms with Gasteiger partial charge >= 0.3 is 0 Å². The molecule has 2 aromatic rings. The molecule has 0 fully saturated rings. The molecule has 0 saturated heterocycles. The quantitative estimate of drug-likeness (QED) is 0.765. The van der Waals surface area contributed by atoms with Crippen molar-refractivity contribution >= 4 is 23.4 Å². The van der Waals surface area contributed by atoms with Crippen molar-refractivity contribution in [2.75, 3.05) is 24.4 Å². The van der Waals surface area contributed by atoms with Gasteiger partial charge < -0.3 is 20.5 Å². The molecule has 0 aliphatic rings. The first kappa shape index (κ1) is 18.2. The molecule has 1 atom stereocenters. The summed E-state index contributed by atoms with van der Waals surface area (Å²) in [5.74, 6) is 2.78. The van der Waals surface area contributed by atoms with Gasteiger partial charge in [0, 0.05) is 11.8 Å². The zero-order valence-corrected chi connectivity index (χ0v) is 14.6. The molecule has 1 amide bonds. The van der Waals surface area contributed by atoms with Crippen LogP contribution in [0.2, 0.25) is 0 Å². The molecule has 0 aromatic heterocycles. The lowest BCUT2D eigenvalue weighted by Gasteiger charge is -2.12. The van der Waals surface area contributed by atoms with Gasteiger partial charge in [-0.3, -0.25) is 4.79 Å². The first-order valence-electron chi connectivity index (χ1n) is 7.59. The van der Waals surface area contributed by atoms with Gasteiger partial charge in [0.25, 0.3) is 0 Å². The minimum Gasteiger partial charge on any atom is -0.497 e. The van der Waals surface area contributed by atoms with Crippen molar-refractivity contribution in [2.45, 2.75) is 12.5 Å². The first-order valence-corrected chi connectivity index (χ1v) is 8.99. The Morgan fingerprint density at radius 3 is 2.54 bits per heavy atom. The molecule has 2 rings (SSSR count). The molecule has 0 radical (unpaired) electrons. The molecule has 128 valence electrons. The molecule has 24 heavy (non-hydrogen) atoms. The highest BCUT2D eigenvalue weighted by Gasteiger charge is 2.12. The van der Waals surface area contributed by atoms with E-state index in [1.54, 1.807) is 49.2 Å². The highest BCUT2D eigenvalue weighted by atomic mass is 32.2. The number of hydrogen-bond donors (Lipinski definition) is 2. The molecule has 3 N–H and O–H groups in total. The van der Waals surface area contributed by atoms with Gasteiger partial charge in [-0.1, -0.05) is 6.07 Å². The van der Waals surface area contributed by atoms with E-state index < -0.39 is 6.04 Å². The van der Waals surface area contributed by atoms with E-state index >= 15 is 0 Å². The lowest BCUT2D eigenvalue weighted by atomic mass is 10.2. The molecular weight excluding hydrogens is 324 g/mol. The fraction of sp³-hybridized carbons (Fsp3) is 0.278. The Kier molecular flexibility index (Phi) is 6.96. The minimum atomic E-state index is -0.495. The van der Waals surface area contributed by atoms with Crippen LogP contribution in [0.1, 0.15) is 6.42 Å². The highest BCUT2D eigenvalue weighted by Crippen LogP contribution is 2.26. The number of benzene rings is 2. The van der Waals surface area contributed by atoms with E-state index in [9.17, 15) is 4.79 Å². The zero-order valence-electron chi connectivity index (χ0n) is 13.8. The maximum atomic E-state index is 12.0. The summed E-state index contributed by atoms with van der Waals surface area (Å²) < 4.78 is 10.9. The van der Waals surface area contributed by atoms with Crippen molar-refractivity contribution in [3.8, 4) is 17.2 Å². The number of nitrogens with two attached hydrogens (primary N) is 1. The van der Waals surface area contributed by atoms with Gasteiger partial charge in [0.1, 0.15) is 17.2 Å². The van der Waals surface area contributed by atoms with Crippen molar-refractivity contribution in [3.63, 3.8) is 0 Å². The van der Waals surface area contributed by atoms with Crippen molar-refractivity contribution in [3.05, 3.63) is 48.5 Å². The summed E-state index contributed by atoms with van der Waals surface area (Å²) in [5, 5.41) is 2.81. The third-order valence-corrected chi connectivity index (χ3v) is 4.01. The van der Waals surface area contributed by atoms with Crippen LogP contribution < -0.4 is 20.5 Å². The summed E-state index contributed by atoms with van der Waals surface area (Å²) in [6, 6.07) is 14.0. The van der Waals surface area contributed by atoms with Gasteiger partial charge in [-0.25, -0.2) is 0 Å². The lowest BCUT2D eigenvalue weighted by molar-refractivity contribution is -0.117. The van der Waals surface area contributed by atoms with Crippen LogP contribution in [0, 0.1) is 0 Å². The largest absolute Gasteiger partial charge is 0.497 e. The summed E-state index contributed by atoms with van der Waals surface area (Å²) in [6.07, 6.45) is 2.65. The maximum absolute atomic E-state index is 12.0. The van der Waals surface area contributed by atoms with E-state index in [0.29, 0.717) is 23.6 Å². The fourth-order valence-electron chi connectivity index (χ4n) is 2.02. The number of nitrogens with one attached hydrogen (secondary N) is 1. The van der Waals surface area contributed by atoms with Crippen LogP contribution in [0.5, 0.6) is 17.2 Å². The second kappa shape index (κ2) is 9.20. The van der Waals surface area contributed by atoms with Crippen molar-refractivity contribution in [1.82, 2.24) is 0 Å². The summed E-state index contributed by atoms with van der Waals surface area (Å²) in [7, 11) is 1.61. The number of carbonyl (C=O) groups is 1. The topological polar surface area (TPSA) is 73.6 Å². The summed E-state index contributed by atoms with van der Waals surface area (Å²) in [6.45, 7) is 0. The number of amides is 1. The van der Waals surface area contributed by atoms with Crippen LogP contribution in [-0.4, -0.2) is 31.1 Å². The number of anilines is 1. The van der Waals surface area contributed by atoms with Gasteiger partial charge in [0.2, 0.25) is 5.91 Å². The van der Waals surface area contributed by atoms with Crippen LogP contribution in [0.25, 0.3) is 0 Å².